The standard InChI is InChI=1S/C25H19FN2O3S/c26-20-8-3-16(4-9-20)11-24(29)27-13-17-1-5-18(6-2-17)25-28-21(14-32-25)19-7-10-22-23(12-19)31-15-30-22/h1-10,12,14H,11,13,15H2,(H,27,29). The average Bonchev–Trinajstić information content (AvgIpc) is 3.49. The lowest BCUT2D eigenvalue weighted by Crippen LogP contribution is -2.24. The predicted octanol–water partition coefficient (Wildman–Crippen LogP) is 5.20. The van der Waals surface area contributed by atoms with E-state index >= 15 is 0 Å². The van der Waals surface area contributed by atoms with Crippen LogP contribution in [0.3, 0.4) is 0 Å². The fourth-order valence-electron chi connectivity index (χ4n) is 3.41. The molecule has 2 heterocycles. The van der Waals surface area contributed by atoms with Crippen molar-refractivity contribution in [3.8, 4) is 33.3 Å². The van der Waals surface area contributed by atoms with Crippen LogP contribution < -0.4 is 14.8 Å². The van der Waals surface area contributed by atoms with Crippen molar-refractivity contribution in [2.75, 3.05) is 6.79 Å². The van der Waals surface area contributed by atoms with Gasteiger partial charge in [-0.2, -0.15) is 0 Å². The van der Waals surface area contributed by atoms with Crippen molar-refractivity contribution < 1.29 is 18.7 Å². The Bertz CT molecular complexity index is 1250. The second kappa shape index (κ2) is 8.80. The van der Waals surface area contributed by atoms with Crippen molar-refractivity contribution >= 4 is 17.2 Å². The van der Waals surface area contributed by atoms with Crippen LogP contribution in [-0.2, 0) is 17.8 Å². The lowest BCUT2D eigenvalue weighted by Gasteiger charge is -2.06. The van der Waals surface area contributed by atoms with Crippen molar-refractivity contribution in [1.29, 1.82) is 0 Å². The summed E-state index contributed by atoms with van der Waals surface area (Å²) in [4.78, 5) is 16.9. The summed E-state index contributed by atoms with van der Waals surface area (Å²) in [7, 11) is 0. The summed E-state index contributed by atoms with van der Waals surface area (Å²) in [5, 5.41) is 5.84. The van der Waals surface area contributed by atoms with Crippen LogP contribution in [0.2, 0.25) is 0 Å². The molecule has 1 aliphatic heterocycles. The minimum absolute atomic E-state index is 0.103. The molecule has 0 saturated heterocycles. The Labute approximate surface area is 188 Å². The summed E-state index contributed by atoms with van der Waals surface area (Å²) in [5.74, 6) is 1.08. The van der Waals surface area contributed by atoms with Gasteiger partial charge in [0.1, 0.15) is 10.8 Å². The fourth-order valence-corrected chi connectivity index (χ4v) is 4.25. The van der Waals surface area contributed by atoms with E-state index in [0.717, 1.165) is 44.5 Å². The number of benzene rings is 3. The molecule has 0 unspecified atom stereocenters. The van der Waals surface area contributed by atoms with Gasteiger partial charge in [-0.05, 0) is 41.5 Å². The number of nitrogens with one attached hydrogen (secondary N) is 1. The summed E-state index contributed by atoms with van der Waals surface area (Å²) in [5.41, 5.74) is 4.66. The molecule has 4 aromatic rings. The number of carbonyl (C=O) groups excluding carboxylic acids is 1. The highest BCUT2D eigenvalue weighted by Gasteiger charge is 2.15. The van der Waals surface area contributed by atoms with Crippen molar-refractivity contribution in [2.24, 2.45) is 0 Å². The van der Waals surface area contributed by atoms with Crippen LogP contribution in [-0.4, -0.2) is 17.7 Å². The van der Waals surface area contributed by atoms with Crippen LogP contribution in [0.25, 0.3) is 21.8 Å². The molecule has 160 valence electrons. The topological polar surface area (TPSA) is 60.5 Å². The van der Waals surface area contributed by atoms with Gasteiger partial charge >= 0.3 is 0 Å². The van der Waals surface area contributed by atoms with Gasteiger partial charge in [-0.3, -0.25) is 4.79 Å². The van der Waals surface area contributed by atoms with Gasteiger partial charge in [0.25, 0.3) is 0 Å². The molecule has 5 nitrogen and oxygen atoms in total. The molecule has 0 saturated carbocycles. The van der Waals surface area contributed by atoms with Gasteiger partial charge in [-0.25, -0.2) is 9.37 Å². The fraction of sp³-hybridized carbons (Fsp3) is 0.120. The highest BCUT2D eigenvalue weighted by Crippen LogP contribution is 2.37. The lowest BCUT2D eigenvalue weighted by atomic mass is 10.1. The number of nitrogens with zero attached hydrogens (tertiary/aromatic N) is 1. The molecule has 1 aromatic heterocycles. The monoisotopic (exact) mass is 446 g/mol. The molecule has 0 fully saturated rings. The molecule has 5 rings (SSSR count). The third-order valence-corrected chi connectivity index (χ3v) is 6.03. The zero-order valence-electron chi connectivity index (χ0n) is 17.0. The summed E-state index contributed by atoms with van der Waals surface area (Å²) < 4.78 is 23.8. The predicted molar refractivity (Wildman–Crippen MR) is 121 cm³/mol. The molecule has 1 aliphatic rings. The van der Waals surface area contributed by atoms with Crippen LogP contribution in [0, 0.1) is 5.82 Å². The highest BCUT2D eigenvalue weighted by molar-refractivity contribution is 7.13. The van der Waals surface area contributed by atoms with Crippen molar-refractivity contribution in [2.45, 2.75) is 13.0 Å². The highest BCUT2D eigenvalue weighted by atomic mass is 32.1. The first-order valence-corrected chi connectivity index (χ1v) is 11.0. The Kier molecular flexibility index (Phi) is 5.56. The Balaban J connectivity index is 1.20. The molecule has 0 spiro atoms. The first-order valence-electron chi connectivity index (χ1n) is 10.1. The maximum absolute atomic E-state index is 13.0. The average molecular weight is 447 g/mol. The second-order valence-electron chi connectivity index (χ2n) is 7.38. The first kappa shape index (κ1) is 20.2. The third-order valence-electron chi connectivity index (χ3n) is 5.14. The third kappa shape index (κ3) is 4.48. The molecule has 7 heteroatoms. The van der Waals surface area contributed by atoms with E-state index in [1.807, 2.05) is 47.8 Å². The summed E-state index contributed by atoms with van der Waals surface area (Å²) >= 11 is 1.58. The Morgan fingerprint density at radius 3 is 2.47 bits per heavy atom. The SMILES string of the molecule is O=C(Cc1ccc(F)cc1)NCc1ccc(-c2nc(-c3ccc4c(c3)OCO4)cs2)cc1. The van der Waals surface area contributed by atoms with E-state index in [9.17, 15) is 9.18 Å². The van der Waals surface area contributed by atoms with Gasteiger partial charge in [0.15, 0.2) is 11.5 Å². The van der Waals surface area contributed by atoms with E-state index in [-0.39, 0.29) is 24.9 Å². The van der Waals surface area contributed by atoms with E-state index in [0.29, 0.717) is 6.54 Å². The van der Waals surface area contributed by atoms with E-state index in [2.05, 4.69) is 5.32 Å². The Morgan fingerprint density at radius 2 is 1.66 bits per heavy atom. The number of carbonyl (C=O) groups is 1. The van der Waals surface area contributed by atoms with Crippen LogP contribution in [0.4, 0.5) is 4.39 Å². The Morgan fingerprint density at radius 1 is 0.938 bits per heavy atom. The van der Waals surface area contributed by atoms with Crippen LogP contribution in [0.1, 0.15) is 11.1 Å². The summed E-state index contributed by atoms with van der Waals surface area (Å²) in [6, 6.07) is 19.7. The number of halogens is 1. The number of hydrogen-bond donors (Lipinski definition) is 1. The number of fused-ring (bicyclic) bond motifs is 1. The first-order chi connectivity index (χ1) is 15.6. The zero-order chi connectivity index (χ0) is 21.9. The minimum Gasteiger partial charge on any atom is -0.454 e. The number of thiazole rings is 1. The van der Waals surface area contributed by atoms with E-state index in [4.69, 9.17) is 14.5 Å². The maximum Gasteiger partial charge on any atom is 0.231 e. The molecule has 0 radical (unpaired) electrons. The number of aromatic nitrogens is 1. The quantitative estimate of drug-likeness (QED) is 0.442. The largest absolute Gasteiger partial charge is 0.454 e. The Hall–Kier alpha value is -3.71. The second-order valence-corrected chi connectivity index (χ2v) is 8.24. The van der Waals surface area contributed by atoms with Crippen LogP contribution >= 0.6 is 11.3 Å². The number of rotatable bonds is 6. The molecule has 3 aromatic carbocycles. The van der Waals surface area contributed by atoms with E-state index in [1.165, 1.54) is 12.1 Å². The van der Waals surface area contributed by atoms with Gasteiger partial charge in [-0.15, -0.1) is 11.3 Å². The molecule has 32 heavy (non-hydrogen) atoms. The minimum atomic E-state index is -0.308. The zero-order valence-corrected chi connectivity index (χ0v) is 17.8. The maximum atomic E-state index is 13.0. The molecule has 0 bridgehead atoms. The molecular weight excluding hydrogens is 427 g/mol. The van der Waals surface area contributed by atoms with E-state index in [1.54, 1.807) is 23.5 Å². The van der Waals surface area contributed by atoms with Gasteiger partial charge < -0.3 is 14.8 Å². The van der Waals surface area contributed by atoms with Crippen LogP contribution in [0.15, 0.2) is 72.1 Å². The van der Waals surface area contributed by atoms with Crippen molar-refractivity contribution in [1.82, 2.24) is 10.3 Å². The smallest absolute Gasteiger partial charge is 0.231 e. The van der Waals surface area contributed by atoms with Gasteiger partial charge in [-0.1, -0.05) is 36.4 Å². The van der Waals surface area contributed by atoms with Gasteiger partial charge in [0.2, 0.25) is 12.7 Å². The van der Waals surface area contributed by atoms with Gasteiger partial charge in [0.05, 0.1) is 12.1 Å². The molecular formula is C25H19FN2O3S. The van der Waals surface area contributed by atoms with Crippen LogP contribution in [0.5, 0.6) is 11.5 Å². The summed E-state index contributed by atoms with van der Waals surface area (Å²) in [6.45, 7) is 0.681. The normalized spacial score (nSPS) is 12.0. The van der Waals surface area contributed by atoms with Crippen molar-refractivity contribution in [3.63, 3.8) is 0 Å². The molecule has 1 N–H and O–H groups in total. The number of hydrogen-bond acceptors (Lipinski definition) is 5. The number of ether oxygens (including phenoxy) is 2. The van der Waals surface area contributed by atoms with Crippen molar-refractivity contribution in [3.05, 3.63) is 89.1 Å². The lowest BCUT2D eigenvalue weighted by molar-refractivity contribution is -0.120. The molecule has 0 aliphatic carbocycles. The van der Waals surface area contributed by atoms with Gasteiger partial charge in [0, 0.05) is 23.1 Å². The number of amides is 1. The summed E-state index contributed by atoms with van der Waals surface area (Å²) in [6.07, 6.45) is 0.222. The molecule has 0 atom stereocenters. The van der Waals surface area contributed by atoms with E-state index < -0.39 is 0 Å². The molecule has 1 amide bonds.